The number of piperidine rings is 1. The van der Waals surface area contributed by atoms with E-state index in [9.17, 15) is 9.90 Å². The van der Waals surface area contributed by atoms with Crippen molar-refractivity contribution in [2.75, 3.05) is 26.2 Å². The van der Waals surface area contributed by atoms with E-state index in [-0.39, 0.29) is 24.2 Å². The molecule has 2 fully saturated rings. The van der Waals surface area contributed by atoms with Gasteiger partial charge in [-0.3, -0.25) is 14.6 Å². The first kappa shape index (κ1) is 30.4. The predicted octanol–water partition coefficient (Wildman–Crippen LogP) is 6.08. The monoisotopic (exact) mass is 586 g/mol. The van der Waals surface area contributed by atoms with Crippen LogP contribution in [0.2, 0.25) is 0 Å². The molecule has 43 heavy (non-hydrogen) atoms. The zero-order valence-electron chi connectivity index (χ0n) is 26.4. The van der Waals surface area contributed by atoms with Crippen molar-refractivity contribution in [2.45, 2.75) is 108 Å². The molecule has 1 spiro atoms. The largest absolute Gasteiger partial charge is 0.483 e. The number of benzene rings is 2. The van der Waals surface area contributed by atoms with Gasteiger partial charge in [-0.25, -0.2) is 0 Å². The molecule has 2 heterocycles. The third-order valence-corrected chi connectivity index (χ3v) is 10.7. The number of hydrogen-bond donors (Lipinski definition) is 1. The summed E-state index contributed by atoms with van der Waals surface area (Å²) >= 11 is 0. The van der Waals surface area contributed by atoms with Crippen molar-refractivity contribution >= 4 is 5.97 Å². The summed E-state index contributed by atoms with van der Waals surface area (Å²) in [6.45, 7) is 13.8. The van der Waals surface area contributed by atoms with E-state index in [4.69, 9.17) is 9.47 Å². The van der Waals surface area contributed by atoms with E-state index in [1.165, 1.54) is 37.3 Å². The quantitative estimate of drug-likeness (QED) is 0.133. The lowest BCUT2D eigenvalue weighted by Crippen LogP contribution is -2.78. The van der Waals surface area contributed by atoms with Crippen LogP contribution >= 0.6 is 0 Å². The number of rotatable bonds is 13. The van der Waals surface area contributed by atoms with Gasteiger partial charge >= 0.3 is 5.97 Å². The summed E-state index contributed by atoms with van der Waals surface area (Å²) in [6.07, 6.45) is 11.0. The first-order chi connectivity index (χ1) is 20.8. The third kappa shape index (κ3) is 5.34. The normalized spacial score (nSPS) is 28.9. The molecule has 1 saturated heterocycles. The highest BCUT2D eigenvalue weighted by Crippen LogP contribution is 2.66. The molecule has 1 saturated carbocycles. The van der Waals surface area contributed by atoms with Crippen molar-refractivity contribution in [1.29, 1.82) is 0 Å². The lowest BCUT2D eigenvalue weighted by atomic mass is 9.48. The maximum atomic E-state index is 12.8. The minimum absolute atomic E-state index is 0.0208. The molecule has 6 heteroatoms. The topological polar surface area (TPSA) is 62.2 Å². The van der Waals surface area contributed by atoms with Crippen LogP contribution in [0.25, 0.3) is 0 Å². The number of aliphatic hydroxyl groups is 1. The summed E-state index contributed by atoms with van der Waals surface area (Å²) in [5, 5.41) is 12.8. The van der Waals surface area contributed by atoms with Crippen molar-refractivity contribution in [2.24, 2.45) is 5.92 Å². The second kappa shape index (κ2) is 12.4. The van der Waals surface area contributed by atoms with E-state index in [2.05, 4.69) is 66.6 Å². The van der Waals surface area contributed by atoms with Crippen molar-refractivity contribution in [1.82, 2.24) is 9.80 Å². The fourth-order valence-electron chi connectivity index (χ4n) is 9.09. The minimum atomic E-state index is -0.899. The predicted molar refractivity (Wildman–Crippen MR) is 171 cm³/mol. The fourth-order valence-corrected chi connectivity index (χ4v) is 9.09. The molecule has 2 aliphatic heterocycles. The molecule has 2 bridgehead atoms. The first-order valence-corrected chi connectivity index (χ1v) is 16.6. The zero-order valence-corrected chi connectivity index (χ0v) is 26.4. The highest BCUT2D eigenvalue weighted by Gasteiger charge is 2.73. The Labute approximate surface area is 258 Å². The molecule has 0 aromatic heterocycles. The van der Waals surface area contributed by atoms with Crippen molar-refractivity contribution < 1.29 is 19.4 Å². The average molecular weight is 587 g/mol. The maximum absolute atomic E-state index is 12.8. The number of carbonyl (C=O) groups excluding carboxylic acids is 1. The number of unbranched alkanes of at least 4 members (excludes halogenated alkanes) is 3. The Morgan fingerprint density at radius 3 is 2.70 bits per heavy atom. The Kier molecular flexibility index (Phi) is 8.74. The maximum Gasteiger partial charge on any atom is 0.308 e. The molecular formula is C37H50N2O4. The molecule has 0 amide bonds. The number of ether oxygens (including phenoxy) is 2. The van der Waals surface area contributed by atoms with Crippen LogP contribution in [0.5, 0.6) is 11.5 Å². The van der Waals surface area contributed by atoms with Gasteiger partial charge < -0.3 is 14.6 Å². The van der Waals surface area contributed by atoms with Crippen molar-refractivity contribution in [3.05, 3.63) is 71.8 Å². The molecule has 6 rings (SSSR count). The zero-order chi connectivity index (χ0) is 30.2. The van der Waals surface area contributed by atoms with Crippen LogP contribution in [-0.4, -0.2) is 70.8 Å². The molecule has 6 nitrogen and oxygen atoms in total. The fraction of sp³-hybridized carbons (Fsp3) is 0.595. The Morgan fingerprint density at radius 1 is 1.16 bits per heavy atom. The van der Waals surface area contributed by atoms with E-state index >= 15 is 0 Å². The number of nitrogens with zero attached hydrogens (tertiary/aromatic N) is 2. The lowest BCUT2D eigenvalue weighted by molar-refractivity contribution is -0.199. The van der Waals surface area contributed by atoms with Crippen LogP contribution in [0, 0.1) is 5.92 Å². The average Bonchev–Trinajstić information content (AvgIpc) is 3.33. The SMILES string of the molecule is C=CCN1CC[C@]23c4c5ccc(OC(C)=O)c4O[C@H]2[C@H](N(CCCCCCc2ccccc2)CC(C)C)CC[C@@]3(O)[C@H]1C5. The van der Waals surface area contributed by atoms with Gasteiger partial charge in [-0.05, 0) is 81.1 Å². The highest BCUT2D eigenvalue weighted by atomic mass is 16.6. The van der Waals surface area contributed by atoms with E-state index in [1.54, 1.807) is 0 Å². The van der Waals surface area contributed by atoms with Crippen LogP contribution in [0.4, 0.5) is 0 Å². The van der Waals surface area contributed by atoms with Gasteiger partial charge in [0, 0.05) is 37.7 Å². The molecule has 2 aromatic carbocycles. The summed E-state index contributed by atoms with van der Waals surface area (Å²) < 4.78 is 12.7. The van der Waals surface area contributed by atoms with Gasteiger partial charge in [0.15, 0.2) is 11.5 Å². The van der Waals surface area contributed by atoms with Crippen LogP contribution in [0.15, 0.2) is 55.1 Å². The van der Waals surface area contributed by atoms with Crippen LogP contribution in [0.3, 0.4) is 0 Å². The Hall–Kier alpha value is -2.67. The van der Waals surface area contributed by atoms with Gasteiger partial charge in [0.25, 0.3) is 0 Å². The molecule has 4 aliphatic rings. The van der Waals surface area contributed by atoms with E-state index in [0.29, 0.717) is 17.4 Å². The van der Waals surface area contributed by atoms with Gasteiger partial charge in [0.2, 0.25) is 0 Å². The number of carbonyl (C=O) groups is 1. The molecule has 0 radical (unpaired) electrons. The smallest absolute Gasteiger partial charge is 0.308 e. The molecule has 0 unspecified atom stereocenters. The second-order valence-corrected chi connectivity index (χ2v) is 13.9. The molecule has 232 valence electrons. The molecule has 1 N–H and O–H groups in total. The summed E-state index contributed by atoms with van der Waals surface area (Å²) in [5.41, 5.74) is 2.36. The summed E-state index contributed by atoms with van der Waals surface area (Å²) in [4.78, 5) is 17.2. The van der Waals surface area contributed by atoms with Gasteiger partial charge in [0.1, 0.15) is 6.10 Å². The van der Waals surface area contributed by atoms with Crippen molar-refractivity contribution in [3.63, 3.8) is 0 Å². The van der Waals surface area contributed by atoms with Crippen molar-refractivity contribution in [3.8, 4) is 11.5 Å². The van der Waals surface area contributed by atoms with E-state index < -0.39 is 11.0 Å². The van der Waals surface area contributed by atoms with Gasteiger partial charge in [-0.15, -0.1) is 6.58 Å². The van der Waals surface area contributed by atoms with Gasteiger partial charge in [-0.2, -0.15) is 0 Å². The Bertz CT molecular complexity index is 1310. The minimum Gasteiger partial charge on any atom is -0.483 e. The number of aryl methyl sites for hydroxylation is 1. The molecule has 2 aliphatic carbocycles. The van der Waals surface area contributed by atoms with Gasteiger partial charge in [-0.1, -0.05) is 69.2 Å². The number of likely N-dealkylation sites (tertiary alicyclic amines) is 1. The second-order valence-electron chi connectivity index (χ2n) is 13.9. The Morgan fingerprint density at radius 2 is 1.95 bits per heavy atom. The first-order valence-electron chi connectivity index (χ1n) is 16.6. The van der Waals surface area contributed by atoms with Crippen LogP contribution in [-0.2, 0) is 23.1 Å². The number of hydrogen-bond acceptors (Lipinski definition) is 6. The third-order valence-electron chi connectivity index (χ3n) is 10.7. The Balaban J connectivity index is 1.27. The molecular weight excluding hydrogens is 536 g/mol. The van der Waals surface area contributed by atoms with Gasteiger partial charge in [0.05, 0.1) is 11.0 Å². The standard InChI is InChI=1S/C37H50N2O4/c1-5-21-38-23-20-36-33-29-16-17-31(42-27(4)40)34(33)43-35(36)30(18-19-37(36,41)32(38)24-29)39(25-26(2)3)22-12-7-6-9-13-28-14-10-8-11-15-28/h5,8,10-11,14-17,26,30,32,35,41H,1,6-7,9,12-13,18-25H2,2-4H3/t30-,32-,35+,36+,37-/m1/s1. The summed E-state index contributed by atoms with van der Waals surface area (Å²) in [5.74, 6) is 1.38. The summed E-state index contributed by atoms with van der Waals surface area (Å²) in [6, 6.07) is 15.0. The molecule has 2 aromatic rings. The van der Waals surface area contributed by atoms with Crippen LogP contribution in [0.1, 0.15) is 82.4 Å². The van der Waals surface area contributed by atoms with E-state index in [1.807, 2.05) is 12.1 Å². The number of esters is 1. The highest BCUT2D eigenvalue weighted by molar-refractivity contribution is 5.72. The van der Waals surface area contributed by atoms with Crippen LogP contribution < -0.4 is 9.47 Å². The molecule has 5 atom stereocenters. The van der Waals surface area contributed by atoms with E-state index in [0.717, 1.165) is 70.3 Å². The lowest BCUT2D eigenvalue weighted by Gasteiger charge is -2.65. The summed E-state index contributed by atoms with van der Waals surface area (Å²) in [7, 11) is 0.